The second-order valence-corrected chi connectivity index (χ2v) is 7.04. The fourth-order valence-electron chi connectivity index (χ4n) is 3.29. The van der Waals surface area contributed by atoms with Gasteiger partial charge in [0.15, 0.2) is 5.79 Å². The van der Waals surface area contributed by atoms with Crippen LogP contribution in [0.3, 0.4) is 0 Å². The van der Waals surface area contributed by atoms with Crippen LogP contribution in [0.5, 0.6) is 0 Å². The Hall–Kier alpha value is -2.89. The zero-order valence-corrected chi connectivity index (χ0v) is 16.8. The molecule has 0 aromatic carbocycles. The van der Waals surface area contributed by atoms with Crippen LogP contribution in [0.15, 0.2) is 15.6 Å². The zero-order valence-electron chi connectivity index (χ0n) is 16.8. The molecule has 1 saturated heterocycles. The number of furan rings is 1. The number of hydrogen-bond acceptors (Lipinski definition) is 6. The van der Waals surface area contributed by atoms with Gasteiger partial charge in [0.25, 0.3) is 0 Å². The molecule has 8 heteroatoms. The van der Waals surface area contributed by atoms with Gasteiger partial charge in [0.05, 0.1) is 25.8 Å². The Bertz CT molecular complexity index is 971. The SMILES string of the molecule is Cc1oc(-n2c(C)cc(/C=N\NC(=O)CC3(C)OCCO3)c2C)c(C#N)c1C. The summed E-state index contributed by atoms with van der Waals surface area (Å²) in [4.78, 5) is 12.1. The van der Waals surface area contributed by atoms with Crippen molar-refractivity contribution in [2.24, 2.45) is 5.10 Å². The molecule has 0 radical (unpaired) electrons. The number of aryl methyl sites for hydroxylation is 2. The van der Waals surface area contributed by atoms with Crippen LogP contribution < -0.4 is 5.43 Å². The lowest BCUT2D eigenvalue weighted by molar-refractivity contribution is -0.159. The number of nitriles is 1. The molecular weight excluding hydrogens is 360 g/mol. The third-order valence-electron chi connectivity index (χ3n) is 4.92. The number of amides is 1. The van der Waals surface area contributed by atoms with Gasteiger partial charge in [-0.25, -0.2) is 5.43 Å². The number of hydrazone groups is 1. The van der Waals surface area contributed by atoms with Crippen LogP contribution in [0.4, 0.5) is 0 Å². The summed E-state index contributed by atoms with van der Waals surface area (Å²) in [5.41, 5.74) is 6.41. The van der Waals surface area contributed by atoms with Gasteiger partial charge in [-0.3, -0.25) is 9.36 Å². The van der Waals surface area contributed by atoms with Crippen molar-refractivity contribution < 1.29 is 18.7 Å². The Balaban J connectivity index is 1.77. The van der Waals surface area contributed by atoms with E-state index in [1.54, 1.807) is 13.1 Å². The van der Waals surface area contributed by atoms with E-state index in [0.29, 0.717) is 30.4 Å². The Morgan fingerprint density at radius 3 is 2.68 bits per heavy atom. The number of nitrogens with zero attached hydrogens (tertiary/aromatic N) is 3. The van der Waals surface area contributed by atoms with Crippen molar-refractivity contribution in [3.8, 4) is 12.0 Å². The number of carbonyl (C=O) groups excluding carboxylic acids is 1. The fourth-order valence-corrected chi connectivity index (χ4v) is 3.29. The highest BCUT2D eigenvalue weighted by molar-refractivity contribution is 5.84. The number of rotatable bonds is 5. The molecule has 8 nitrogen and oxygen atoms in total. The van der Waals surface area contributed by atoms with Gasteiger partial charge in [-0.2, -0.15) is 10.4 Å². The quantitative estimate of drug-likeness (QED) is 0.631. The smallest absolute Gasteiger partial charge is 0.245 e. The molecule has 1 aliphatic heterocycles. The summed E-state index contributed by atoms with van der Waals surface area (Å²) in [5, 5.41) is 13.5. The lowest BCUT2D eigenvalue weighted by atomic mass is 10.2. The monoisotopic (exact) mass is 384 g/mol. The van der Waals surface area contributed by atoms with E-state index in [1.807, 2.05) is 38.3 Å². The lowest BCUT2D eigenvalue weighted by Gasteiger charge is -2.20. The Morgan fingerprint density at radius 2 is 2.04 bits per heavy atom. The van der Waals surface area contributed by atoms with Crippen molar-refractivity contribution in [1.29, 1.82) is 5.26 Å². The molecule has 1 fully saturated rings. The highest BCUT2D eigenvalue weighted by atomic mass is 16.7. The molecule has 148 valence electrons. The summed E-state index contributed by atoms with van der Waals surface area (Å²) in [6, 6.07) is 4.13. The fraction of sp³-hybridized carbons (Fsp3) is 0.450. The van der Waals surface area contributed by atoms with Crippen LogP contribution in [-0.2, 0) is 14.3 Å². The summed E-state index contributed by atoms with van der Waals surface area (Å²) >= 11 is 0. The maximum Gasteiger partial charge on any atom is 0.245 e. The minimum atomic E-state index is -0.891. The van der Waals surface area contributed by atoms with Crippen molar-refractivity contribution in [3.05, 3.63) is 39.9 Å². The topological polar surface area (TPSA) is 102 Å². The van der Waals surface area contributed by atoms with E-state index in [-0.39, 0.29) is 12.3 Å². The molecule has 0 bridgehead atoms. The van der Waals surface area contributed by atoms with Crippen molar-refractivity contribution in [3.63, 3.8) is 0 Å². The molecule has 0 aliphatic carbocycles. The van der Waals surface area contributed by atoms with Gasteiger partial charge in [0, 0.05) is 22.5 Å². The first-order valence-electron chi connectivity index (χ1n) is 9.05. The van der Waals surface area contributed by atoms with Gasteiger partial charge in [-0.1, -0.05) is 0 Å². The first-order chi connectivity index (χ1) is 13.3. The summed E-state index contributed by atoms with van der Waals surface area (Å²) in [6.07, 6.45) is 1.64. The second-order valence-electron chi connectivity index (χ2n) is 7.04. The normalized spacial score (nSPS) is 15.9. The molecule has 0 atom stereocenters. The van der Waals surface area contributed by atoms with Gasteiger partial charge in [-0.15, -0.1) is 0 Å². The molecule has 0 saturated carbocycles. The Kier molecular flexibility index (Phi) is 5.40. The molecule has 1 aliphatic rings. The van der Waals surface area contributed by atoms with Crippen molar-refractivity contribution in [2.45, 2.75) is 46.8 Å². The summed E-state index contributed by atoms with van der Waals surface area (Å²) in [7, 11) is 0. The van der Waals surface area contributed by atoms with E-state index in [2.05, 4.69) is 16.6 Å². The van der Waals surface area contributed by atoms with Gasteiger partial charge in [-0.05, 0) is 40.7 Å². The maximum atomic E-state index is 12.1. The second kappa shape index (κ2) is 7.62. The predicted octanol–water partition coefficient (Wildman–Crippen LogP) is 2.78. The molecule has 0 unspecified atom stereocenters. The van der Waals surface area contributed by atoms with Gasteiger partial charge < -0.3 is 13.9 Å². The van der Waals surface area contributed by atoms with Gasteiger partial charge >= 0.3 is 0 Å². The number of ether oxygens (including phenoxy) is 2. The average Bonchev–Trinajstić information content (AvgIpc) is 3.25. The number of aromatic nitrogens is 1. The zero-order chi connectivity index (χ0) is 20.5. The minimum Gasteiger partial charge on any atom is -0.443 e. The number of hydrogen-bond donors (Lipinski definition) is 1. The summed E-state index contributed by atoms with van der Waals surface area (Å²) in [6.45, 7) is 10.2. The number of carbonyl (C=O) groups is 1. The highest BCUT2D eigenvalue weighted by Crippen LogP contribution is 2.28. The maximum absolute atomic E-state index is 12.1. The lowest BCUT2D eigenvalue weighted by Crippen LogP contribution is -2.33. The molecule has 3 rings (SSSR count). The molecule has 2 aromatic heterocycles. The Labute approximate surface area is 163 Å². The standard InChI is InChI=1S/C20H24N4O4/c1-12-8-16(11-22-23-18(25)9-20(5)26-6-7-27-20)14(3)24(12)19-17(10-21)13(2)15(4)28-19/h8,11H,6-7,9H2,1-5H3,(H,23,25)/b22-11-. The largest absolute Gasteiger partial charge is 0.443 e. The van der Waals surface area contributed by atoms with Gasteiger partial charge in [0.1, 0.15) is 17.4 Å². The van der Waals surface area contributed by atoms with E-state index in [9.17, 15) is 10.1 Å². The molecular formula is C20H24N4O4. The summed E-state index contributed by atoms with van der Waals surface area (Å²) < 4.78 is 18.5. The van der Waals surface area contributed by atoms with Crippen LogP contribution in [0, 0.1) is 39.0 Å². The molecule has 0 spiro atoms. The van der Waals surface area contributed by atoms with E-state index >= 15 is 0 Å². The predicted molar refractivity (Wildman–Crippen MR) is 102 cm³/mol. The Morgan fingerprint density at radius 1 is 1.36 bits per heavy atom. The first kappa shape index (κ1) is 19.9. The molecule has 28 heavy (non-hydrogen) atoms. The molecule has 3 heterocycles. The van der Waals surface area contributed by atoms with Crippen molar-refractivity contribution in [1.82, 2.24) is 9.99 Å². The van der Waals surface area contributed by atoms with Crippen LogP contribution in [0.1, 0.15) is 47.2 Å². The van der Waals surface area contributed by atoms with E-state index in [1.165, 1.54) is 0 Å². The first-order valence-corrected chi connectivity index (χ1v) is 9.05. The van der Waals surface area contributed by atoms with E-state index in [0.717, 1.165) is 22.5 Å². The van der Waals surface area contributed by atoms with E-state index < -0.39 is 5.79 Å². The minimum absolute atomic E-state index is 0.0693. The third kappa shape index (κ3) is 3.72. The van der Waals surface area contributed by atoms with Crippen molar-refractivity contribution in [2.75, 3.05) is 13.2 Å². The third-order valence-corrected chi connectivity index (χ3v) is 4.92. The molecule has 1 amide bonds. The van der Waals surface area contributed by atoms with Crippen molar-refractivity contribution >= 4 is 12.1 Å². The summed E-state index contributed by atoms with van der Waals surface area (Å²) in [5.74, 6) is 0.0301. The molecule has 1 N–H and O–H groups in total. The van der Waals surface area contributed by atoms with Gasteiger partial charge in [0.2, 0.25) is 11.8 Å². The highest BCUT2D eigenvalue weighted by Gasteiger charge is 2.33. The van der Waals surface area contributed by atoms with Crippen LogP contribution in [0.2, 0.25) is 0 Å². The van der Waals surface area contributed by atoms with Crippen LogP contribution >= 0.6 is 0 Å². The van der Waals surface area contributed by atoms with Crippen LogP contribution in [0.25, 0.3) is 5.88 Å². The van der Waals surface area contributed by atoms with Crippen LogP contribution in [-0.4, -0.2) is 35.7 Å². The number of nitrogens with one attached hydrogen (secondary N) is 1. The molecule has 2 aromatic rings. The average molecular weight is 384 g/mol. The van der Waals surface area contributed by atoms with E-state index in [4.69, 9.17) is 13.9 Å².